The Hall–Kier alpha value is -0.770. The Balaban J connectivity index is 3.92. The summed E-state index contributed by atoms with van der Waals surface area (Å²) in [4.78, 5) is 11.3. The van der Waals surface area contributed by atoms with E-state index in [0.717, 1.165) is 12.8 Å². The van der Waals surface area contributed by atoms with Crippen LogP contribution in [-0.4, -0.2) is 30.5 Å². The summed E-state index contributed by atoms with van der Waals surface area (Å²) >= 11 is 0. The van der Waals surface area contributed by atoms with Crippen molar-refractivity contribution in [2.24, 2.45) is 5.41 Å². The molecule has 0 aliphatic carbocycles. The van der Waals surface area contributed by atoms with Crippen LogP contribution in [0.25, 0.3) is 0 Å². The normalized spacial score (nSPS) is 13.4. The molecular weight excluding hydrogens is 194 g/mol. The smallest absolute Gasteiger partial charge is 0.407 e. The summed E-state index contributed by atoms with van der Waals surface area (Å²) in [6, 6.07) is -0.272. The van der Waals surface area contributed by atoms with Crippen LogP contribution in [0, 0.1) is 5.41 Å². The molecule has 0 fully saturated rings. The van der Waals surface area contributed by atoms with Gasteiger partial charge in [-0.05, 0) is 11.8 Å². The van der Waals surface area contributed by atoms with Crippen molar-refractivity contribution in [3.05, 3.63) is 0 Å². The number of carbonyl (C=O) groups is 1. The van der Waals surface area contributed by atoms with E-state index in [1.165, 1.54) is 0 Å². The zero-order valence-corrected chi connectivity index (χ0v) is 10.2. The quantitative estimate of drug-likeness (QED) is 0.692. The van der Waals surface area contributed by atoms with Crippen LogP contribution < -0.4 is 5.32 Å². The van der Waals surface area contributed by atoms with Gasteiger partial charge < -0.3 is 15.2 Å². The second-order valence-electron chi connectivity index (χ2n) is 4.73. The fourth-order valence-corrected chi connectivity index (χ4v) is 1.03. The molecular formula is C11H23NO3. The highest BCUT2D eigenvalue weighted by molar-refractivity contribution is 5.67. The maximum Gasteiger partial charge on any atom is 0.407 e. The summed E-state index contributed by atoms with van der Waals surface area (Å²) in [7, 11) is 0. The lowest BCUT2D eigenvalue weighted by Gasteiger charge is -2.29. The van der Waals surface area contributed by atoms with Crippen LogP contribution in [-0.2, 0) is 4.74 Å². The molecule has 1 amide bonds. The molecule has 4 heteroatoms. The second kappa shape index (κ2) is 6.67. The number of aliphatic hydroxyl groups excluding tert-OH is 1. The molecule has 0 radical (unpaired) electrons. The van der Waals surface area contributed by atoms with Crippen molar-refractivity contribution in [1.29, 1.82) is 0 Å². The molecule has 0 aliphatic rings. The first-order valence-electron chi connectivity index (χ1n) is 5.46. The molecule has 0 aromatic carbocycles. The van der Waals surface area contributed by atoms with E-state index < -0.39 is 6.09 Å². The van der Waals surface area contributed by atoms with Gasteiger partial charge in [0, 0.05) is 0 Å². The third-order valence-corrected chi connectivity index (χ3v) is 2.25. The predicted octanol–water partition coefficient (Wildman–Crippen LogP) is 1.92. The van der Waals surface area contributed by atoms with E-state index in [-0.39, 0.29) is 18.1 Å². The van der Waals surface area contributed by atoms with Crippen LogP contribution in [0.4, 0.5) is 4.79 Å². The van der Waals surface area contributed by atoms with Gasteiger partial charge in [0.2, 0.25) is 0 Å². The lowest BCUT2D eigenvalue weighted by Crippen LogP contribution is -2.46. The van der Waals surface area contributed by atoms with Crippen molar-refractivity contribution in [1.82, 2.24) is 5.32 Å². The largest absolute Gasteiger partial charge is 0.450 e. The number of alkyl carbamates (subject to hydrolysis) is 1. The Kier molecular flexibility index (Phi) is 6.32. The van der Waals surface area contributed by atoms with E-state index >= 15 is 0 Å². The van der Waals surface area contributed by atoms with Crippen molar-refractivity contribution in [2.75, 3.05) is 13.2 Å². The van der Waals surface area contributed by atoms with Gasteiger partial charge in [-0.3, -0.25) is 0 Å². The number of amides is 1. The average molecular weight is 217 g/mol. The molecule has 4 nitrogen and oxygen atoms in total. The highest BCUT2D eigenvalue weighted by atomic mass is 16.5. The molecule has 15 heavy (non-hydrogen) atoms. The number of hydrogen-bond acceptors (Lipinski definition) is 3. The zero-order valence-electron chi connectivity index (χ0n) is 10.2. The van der Waals surface area contributed by atoms with Gasteiger partial charge in [-0.15, -0.1) is 0 Å². The monoisotopic (exact) mass is 217 g/mol. The molecule has 90 valence electrons. The van der Waals surface area contributed by atoms with Crippen molar-refractivity contribution in [3.63, 3.8) is 0 Å². The number of nitrogens with one attached hydrogen (secondary N) is 1. The minimum Gasteiger partial charge on any atom is -0.450 e. The number of rotatable bonds is 5. The van der Waals surface area contributed by atoms with E-state index in [1.54, 1.807) is 0 Å². The maximum absolute atomic E-state index is 11.3. The summed E-state index contributed by atoms with van der Waals surface area (Å²) in [5, 5.41) is 11.8. The number of unbranched alkanes of at least 4 members (excludes halogenated alkanes) is 1. The predicted molar refractivity (Wildman–Crippen MR) is 59.7 cm³/mol. The third-order valence-electron chi connectivity index (χ3n) is 2.25. The molecule has 0 saturated carbocycles. The van der Waals surface area contributed by atoms with Gasteiger partial charge >= 0.3 is 6.09 Å². The Morgan fingerprint density at radius 2 is 2.07 bits per heavy atom. The van der Waals surface area contributed by atoms with Crippen LogP contribution in [0.15, 0.2) is 0 Å². The lowest BCUT2D eigenvalue weighted by atomic mass is 9.87. The van der Waals surface area contributed by atoms with Gasteiger partial charge in [0.25, 0.3) is 0 Å². The van der Waals surface area contributed by atoms with E-state index in [9.17, 15) is 4.79 Å². The van der Waals surface area contributed by atoms with Crippen LogP contribution in [0.3, 0.4) is 0 Å². The van der Waals surface area contributed by atoms with Crippen molar-refractivity contribution in [2.45, 2.75) is 46.6 Å². The minimum absolute atomic E-state index is 0.0770. The van der Waals surface area contributed by atoms with Gasteiger partial charge in [-0.2, -0.15) is 0 Å². The Bertz CT molecular complexity index is 187. The molecule has 1 unspecified atom stereocenters. The van der Waals surface area contributed by atoms with Gasteiger partial charge in [0.05, 0.1) is 19.3 Å². The summed E-state index contributed by atoms with van der Waals surface area (Å²) in [6.45, 7) is 8.27. The standard InChI is InChI=1S/C11H23NO3/c1-5-6-7-15-10(14)12-9(8-13)11(2,3)4/h9,13H,5-8H2,1-4H3,(H,12,14). The molecule has 0 spiro atoms. The highest BCUT2D eigenvalue weighted by Crippen LogP contribution is 2.18. The van der Waals surface area contributed by atoms with E-state index in [1.807, 2.05) is 27.7 Å². The van der Waals surface area contributed by atoms with E-state index in [4.69, 9.17) is 9.84 Å². The zero-order chi connectivity index (χ0) is 11.9. The molecule has 0 aliphatic heterocycles. The fourth-order valence-electron chi connectivity index (χ4n) is 1.03. The Morgan fingerprint density at radius 1 is 1.47 bits per heavy atom. The first-order chi connectivity index (χ1) is 6.91. The van der Waals surface area contributed by atoms with Gasteiger partial charge in [0.15, 0.2) is 0 Å². The average Bonchev–Trinajstić information content (AvgIpc) is 2.12. The minimum atomic E-state index is -0.447. The van der Waals surface area contributed by atoms with E-state index in [0.29, 0.717) is 6.61 Å². The molecule has 2 N–H and O–H groups in total. The van der Waals surface area contributed by atoms with Crippen molar-refractivity contribution in [3.8, 4) is 0 Å². The molecule has 0 heterocycles. The van der Waals surface area contributed by atoms with Gasteiger partial charge in [-0.25, -0.2) is 4.79 Å². The van der Waals surface area contributed by atoms with Crippen LogP contribution in [0.5, 0.6) is 0 Å². The van der Waals surface area contributed by atoms with Crippen LogP contribution >= 0.6 is 0 Å². The molecule has 0 aromatic heterocycles. The van der Waals surface area contributed by atoms with E-state index in [2.05, 4.69) is 5.32 Å². The van der Waals surface area contributed by atoms with Crippen molar-refractivity contribution >= 4 is 6.09 Å². The Morgan fingerprint density at radius 3 is 2.47 bits per heavy atom. The van der Waals surface area contributed by atoms with Crippen LogP contribution in [0.2, 0.25) is 0 Å². The Labute approximate surface area is 92.0 Å². The summed E-state index contributed by atoms with van der Waals surface area (Å²) in [6.07, 6.45) is 1.42. The lowest BCUT2D eigenvalue weighted by molar-refractivity contribution is 0.112. The van der Waals surface area contributed by atoms with Crippen LogP contribution in [0.1, 0.15) is 40.5 Å². The van der Waals surface area contributed by atoms with Gasteiger partial charge in [-0.1, -0.05) is 34.1 Å². The fraction of sp³-hybridized carbons (Fsp3) is 0.909. The molecule has 1 atom stereocenters. The summed E-state index contributed by atoms with van der Waals surface area (Å²) in [5.41, 5.74) is -0.168. The third kappa shape index (κ3) is 6.33. The second-order valence-corrected chi connectivity index (χ2v) is 4.73. The SMILES string of the molecule is CCCCOC(=O)NC(CO)C(C)(C)C. The number of hydrogen-bond donors (Lipinski definition) is 2. The summed E-state index contributed by atoms with van der Waals surface area (Å²) < 4.78 is 4.95. The van der Waals surface area contributed by atoms with Gasteiger partial charge in [0.1, 0.15) is 0 Å². The summed E-state index contributed by atoms with van der Waals surface area (Å²) in [5.74, 6) is 0. The molecule has 0 bridgehead atoms. The molecule has 0 rings (SSSR count). The topological polar surface area (TPSA) is 58.6 Å². The number of aliphatic hydroxyl groups is 1. The molecule has 0 saturated heterocycles. The molecule has 0 aromatic rings. The number of ether oxygens (including phenoxy) is 1. The first-order valence-corrected chi connectivity index (χ1v) is 5.46. The first kappa shape index (κ1) is 14.2. The maximum atomic E-state index is 11.3. The highest BCUT2D eigenvalue weighted by Gasteiger charge is 2.25. The van der Waals surface area contributed by atoms with Crippen molar-refractivity contribution < 1.29 is 14.6 Å². The number of carbonyl (C=O) groups excluding carboxylic acids is 1.